The first-order valence-corrected chi connectivity index (χ1v) is 6.39. The van der Waals surface area contributed by atoms with Crippen LogP contribution in [0.2, 0.25) is 5.02 Å². The third-order valence-corrected chi connectivity index (χ3v) is 3.84. The predicted molar refractivity (Wildman–Crippen MR) is 73.8 cm³/mol. The van der Waals surface area contributed by atoms with Gasteiger partial charge in [-0.25, -0.2) is 0 Å². The lowest BCUT2D eigenvalue weighted by Crippen LogP contribution is -2.14. The Kier molecular flexibility index (Phi) is 2.09. The fraction of sp³-hybridized carbons (Fsp3) is 0.0667. The Bertz CT molecular complexity index is 753. The number of fused-ring (bicyclic) bond motifs is 2. The van der Waals surface area contributed by atoms with Crippen LogP contribution in [-0.4, -0.2) is 10.9 Å². The molecular formula is C15H9ClN2O. The molecule has 3 aliphatic carbocycles. The number of nitrogens with one attached hydrogen (secondary N) is 1. The van der Waals surface area contributed by atoms with Crippen molar-refractivity contribution in [2.75, 3.05) is 5.32 Å². The van der Waals surface area contributed by atoms with Gasteiger partial charge in [0.25, 0.3) is 5.91 Å². The minimum Gasteiger partial charge on any atom is -0.321 e. The molecule has 0 saturated heterocycles. The molecule has 0 unspecified atom stereocenters. The van der Waals surface area contributed by atoms with E-state index in [2.05, 4.69) is 16.4 Å². The Morgan fingerprint density at radius 3 is 3.05 bits per heavy atom. The third-order valence-electron chi connectivity index (χ3n) is 3.54. The van der Waals surface area contributed by atoms with Gasteiger partial charge in [0, 0.05) is 18.0 Å². The van der Waals surface area contributed by atoms with E-state index in [4.69, 9.17) is 11.6 Å². The molecule has 0 aromatic carbocycles. The maximum absolute atomic E-state index is 12.3. The molecule has 1 N–H and O–H groups in total. The molecule has 1 amide bonds. The summed E-state index contributed by atoms with van der Waals surface area (Å²) in [6.45, 7) is 0. The van der Waals surface area contributed by atoms with E-state index in [0.29, 0.717) is 16.3 Å². The van der Waals surface area contributed by atoms with Crippen LogP contribution >= 0.6 is 11.6 Å². The van der Waals surface area contributed by atoms with Crippen molar-refractivity contribution < 1.29 is 4.79 Å². The van der Waals surface area contributed by atoms with E-state index in [1.165, 1.54) is 22.9 Å². The molecule has 0 atom stereocenters. The number of allylic oxidation sites excluding steroid dienone is 6. The molecule has 4 rings (SSSR count). The van der Waals surface area contributed by atoms with Gasteiger partial charge in [0.15, 0.2) is 0 Å². The second-order valence-electron chi connectivity index (χ2n) is 4.71. The molecule has 0 spiro atoms. The number of hydrogen-bond donors (Lipinski definition) is 1. The Morgan fingerprint density at radius 2 is 2.21 bits per heavy atom. The summed E-state index contributed by atoms with van der Waals surface area (Å²) in [6, 6.07) is 1.69. The molecule has 1 aromatic heterocycles. The monoisotopic (exact) mass is 268 g/mol. The van der Waals surface area contributed by atoms with Crippen LogP contribution in [0.25, 0.3) is 0 Å². The zero-order valence-corrected chi connectivity index (χ0v) is 10.7. The zero-order valence-electron chi connectivity index (χ0n) is 9.90. The second kappa shape index (κ2) is 3.68. The van der Waals surface area contributed by atoms with Crippen LogP contribution in [-0.2, 0) is 4.79 Å². The van der Waals surface area contributed by atoms with E-state index in [0.717, 1.165) is 12.0 Å². The fourth-order valence-electron chi connectivity index (χ4n) is 2.50. The van der Waals surface area contributed by atoms with E-state index in [-0.39, 0.29) is 5.91 Å². The summed E-state index contributed by atoms with van der Waals surface area (Å²) in [6.07, 6.45) is 10.2. The number of halogens is 1. The summed E-state index contributed by atoms with van der Waals surface area (Å²) < 4.78 is 0. The number of carbonyl (C=O) groups excluding carboxylic acids is 1. The first-order chi connectivity index (χ1) is 9.24. The van der Waals surface area contributed by atoms with E-state index in [9.17, 15) is 4.79 Å². The Morgan fingerprint density at radius 1 is 1.32 bits per heavy atom. The van der Waals surface area contributed by atoms with Crippen molar-refractivity contribution >= 4 is 23.2 Å². The highest BCUT2D eigenvalue weighted by Gasteiger charge is 2.35. The Hall–Kier alpha value is -2.13. The van der Waals surface area contributed by atoms with Crippen molar-refractivity contribution in [2.24, 2.45) is 0 Å². The van der Waals surface area contributed by atoms with Crippen LogP contribution in [0.15, 0.2) is 64.6 Å². The van der Waals surface area contributed by atoms with Crippen LogP contribution in [0.4, 0.5) is 5.69 Å². The molecule has 1 fully saturated rings. The molecule has 1 heterocycles. The van der Waals surface area contributed by atoms with Gasteiger partial charge in [-0.3, -0.25) is 9.78 Å². The number of carbonyl (C=O) groups is 1. The van der Waals surface area contributed by atoms with Crippen molar-refractivity contribution in [3.05, 3.63) is 69.6 Å². The van der Waals surface area contributed by atoms with E-state index in [1.807, 2.05) is 12.2 Å². The van der Waals surface area contributed by atoms with Gasteiger partial charge in [-0.15, -0.1) is 0 Å². The maximum atomic E-state index is 12.3. The zero-order chi connectivity index (χ0) is 13.0. The van der Waals surface area contributed by atoms with Gasteiger partial charge in [-0.2, -0.15) is 0 Å². The summed E-state index contributed by atoms with van der Waals surface area (Å²) in [4.78, 5) is 16.2. The predicted octanol–water partition coefficient (Wildman–Crippen LogP) is 3.18. The number of anilines is 1. The number of rotatable bonds is 2. The van der Waals surface area contributed by atoms with Gasteiger partial charge in [0.05, 0.1) is 10.7 Å². The summed E-state index contributed by atoms with van der Waals surface area (Å²) in [5.41, 5.74) is 6.28. The smallest absolute Gasteiger partial charge is 0.256 e. The fourth-order valence-corrected chi connectivity index (χ4v) is 2.67. The van der Waals surface area contributed by atoms with Crippen molar-refractivity contribution in [3.8, 4) is 0 Å². The van der Waals surface area contributed by atoms with Crippen molar-refractivity contribution in [1.29, 1.82) is 0 Å². The number of amides is 1. The molecule has 19 heavy (non-hydrogen) atoms. The highest BCUT2D eigenvalue weighted by atomic mass is 35.5. The molecule has 0 aliphatic heterocycles. The van der Waals surface area contributed by atoms with E-state index in [1.54, 1.807) is 12.3 Å². The molecule has 3 aliphatic rings. The van der Waals surface area contributed by atoms with Crippen LogP contribution in [0, 0.1) is 0 Å². The highest BCUT2D eigenvalue weighted by Crippen LogP contribution is 2.51. The Balaban J connectivity index is 1.65. The molecule has 3 nitrogen and oxygen atoms in total. The lowest BCUT2D eigenvalue weighted by atomic mass is 10.1. The average Bonchev–Trinajstić information content (AvgIpc) is 2.89. The highest BCUT2D eigenvalue weighted by molar-refractivity contribution is 6.33. The lowest BCUT2D eigenvalue weighted by molar-refractivity contribution is -0.112. The second-order valence-corrected chi connectivity index (χ2v) is 5.12. The van der Waals surface area contributed by atoms with Crippen molar-refractivity contribution in [1.82, 2.24) is 4.98 Å². The summed E-state index contributed by atoms with van der Waals surface area (Å²) in [5, 5.41) is 3.26. The van der Waals surface area contributed by atoms with Gasteiger partial charge in [0.1, 0.15) is 0 Å². The minimum absolute atomic E-state index is 0.131. The lowest BCUT2D eigenvalue weighted by Gasteiger charge is -2.07. The third kappa shape index (κ3) is 1.59. The summed E-state index contributed by atoms with van der Waals surface area (Å²) in [7, 11) is 0. The van der Waals surface area contributed by atoms with E-state index >= 15 is 0 Å². The molecular weight excluding hydrogens is 260 g/mol. The van der Waals surface area contributed by atoms with Gasteiger partial charge < -0.3 is 5.32 Å². The largest absolute Gasteiger partial charge is 0.321 e. The summed E-state index contributed by atoms with van der Waals surface area (Å²) >= 11 is 5.98. The molecule has 0 bridgehead atoms. The van der Waals surface area contributed by atoms with Crippen LogP contribution < -0.4 is 5.32 Å². The SMILES string of the molecule is O=C(Nc1ccncc1Cl)C1=C2C=C3CC3=C2C=C1. The number of pyridine rings is 1. The van der Waals surface area contributed by atoms with Gasteiger partial charge >= 0.3 is 0 Å². The molecule has 92 valence electrons. The first kappa shape index (κ1) is 10.8. The Labute approximate surface area is 115 Å². The van der Waals surface area contributed by atoms with E-state index < -0.39 is 0 Å². The standard InChI is InChI=1S/C15H9ClN2O/c16-13-7-17-4-3-14(13)18-15(19)10-2-1-9-11-5-8(11)6-12(9)10/h1-4,6-7H,5H2,(H,17,18,19). The number of aromatic nitrogens is 1. The average molecular weight is 269 g/mol. The van der Waals surface area contributed by atoms with Crippen molar-refractivity contribution in [3.63, 3.8) is 0 Å². The minimum atomic E-state index is -0.131. The molecule has 1 aromatic rings. The number of hydrogen-bond acceptors (Lipinski definition) is 2. The maximum Gasteiger partial charge on any atom is 0.256 e. The van der Waals surface area contributed by atoms with Gasteiger partial charge in [-0.1, -0.05) is 17.7 Å². The summed E-state index contributed by atoms with van der Waals surface area (Å²) in [5.74, 6) is -0.131. The first-order valence-electron chi connectivity index (χ1n) is 6.02. The van der Waals surface area contributed by atoms with Crippen LogP contribution in [0.5, 0.6) is 0 Å². The molecule has 4 heteroatoms. The van der Waals surface area contributed by atoms with Crippen LogP contribution in [0.1, 0.15) is 6.42 Å². The van der Waals surface area contributed by atoms with Gasteiger partial charge in [0.2, 0.25) is 0 Å². The molecule has 0 radical (unpaired) electrons. The van der Waals surface area contributed by atoms with Gasteiger partial charge in [-0.05, 0) is 46.9 Å². The number of nitrogens with zero attached hydrogens (tertiary/aromatic N) is 1. The topological polar surface area (TPSA) is 42.0 Å². The normalized spacial score (nSPS) is 18.5. The molecule has 1 saturated carbocycles. The van der Waals surface area contributed by atoms with Crippen LogP contribution in [0.3, 0.4) is 0 Å². The quantitative estimate of drug-likeness (QED) is 0.895. The van der Waals surface area contributed by atoms with Crippen molar-refractivity contribution in [2.45, 2.75) is 6.42 Å².